The zero-order valence-electron chi connectivity index (χ0n) is 8.95. The van der Waals surface area contributed by atoms with Crippen molar-refractivity contribution < 1.29 is 14.6 Å². The van der Waals surface area contributed by atoms with Crippen LogP contribution in [0.25, 0.3) is 0 Å². The molecule has 0 amide bonds. The van der Waals surface area contributed by atoms with Crippen molar-refractivity contribution in [2.45, 2.75) is 32.1 Å². The molecule has 3 atom stereocenters. The number of hydrogen-bond donors (Lipinski definition) is 1. The van der Waals surface area contributed by atoms with Crippen LogP contribution in [0.3, 0.4) is 0 Å². The first-order valence-corrected chi connectivity index (χ1v) is 5.64. The van der Waals surface area contributed by atoms with Gasteiger partial charge in [0, 0.05) is 5.92 Å². The first kappa shape index (κ1) is 9.25. The van der Waals surface area contributed by atoms with Gasteiger partial charge in [-0.1, -0.05) is 0 Å². The van der Waals surface area contributed by atoms with Gasteiger partial charge in [0.05, 0.1) is 18.3 Å². The Labute approximate surface area is 89.1 Å². The molecule has 4 aliphatic carbocycles. The molecule has 4 bridgehead atoms. The van der Waals surface area contributed by atoms with Crippen LogP contribution in [0.2, 0.25) is 0 Å². The van der Waals surface area contributed by atoms with Gasteiger partial charge in [0.15, 0.2) is 0 Å². The molecular weight excluding hydrogens is 192 g/mol. The van der Waals surface area contributed by atoms with Gasteiger partial charge in [-0.2, -0.15) is 0 Å². The first-order chi connectivity index (χ1) is 7.14. The van der Waals surface area contributed by atoms with Gasteiger partial charge in [0.2, 0.25) is 0 Å². The minimum atomic E-state index is -0.593. The van der Waals surface area contributed by atoms with E-state index in [-0.39, 0.29) is 0 Å². The lowest BCUT2D eigenvalue weighted by molar-refractivity contribution is -0.156. The molecule has 4 rings (SSSR count). The van der Waals surface area contributed by atoms with Crippen molar-refractivity contribution in [3.05, 3.63) is 11.3 Å². The van der Waals surface area contributed by atoms with Crippen molar-refractivity contribution in [2.24, 2.45) is 17.3 Å². The highest BCUT2D eigenvalue weighted by Crippen LogP contribution is 2.59. The summed E-state index contributed by atoms with van der Waals surface area (Å²) in [5, 5.41) is 9.37. The molecule has 15 heavy (non-hydrogen) atoms. The number of carboxylic acid groups (broad SMARTS) is 1. The summed E-state index contributed by atoms with van der Waals surface area (Å²) in [5.74, 6) is 1.51. The molecule has 3 heteroatoms. The zero-order valence-corrected chi connectivity index (χ0v) is 8.95. The maximum absolute atomic E-state index is 11.4. The summed E-state index contributed by atoms with van der Waals surface area (Å²) in [4.78, 5) is 11.4. The molecule has 0 saturated heterocycles. The van der Waals surface area contributed by atoms with Crippen molar-refractivity contribution in [3.63, 3.8) is 0 Å². The average Bonchev–Trinajstić information content (AvgIpc) is 2.16. The topological polar surface area (TPSA) is 46.5 Å². The number of ether oxygens (including phenoxy) is 1. The molecule has 0 unspecified atom stereocenters. The Morgan fingerprint density at radius 3 is 2.93 bits per heavy atom. The predicted octanol–water partition coefficient (Wildman–Crippen LogP) is 2.18. The van der Waals surface area contributed by atoms with E-state index in [4.69, 9.17) is 4.74 Å². The van der Waals surface area contributed by atoms with Crippen molar-refractivity contribution in [2.75, 3.05) is 7.11 Å². The molecule has 0 aromatic rings. The van der Waals surface area contributed by atoms with Crippen molar-refractivity contribution in [1.82, 2.24) is 0 Å². The fraction of sp³-hybridized carbons (Fsp3) is 0.750. The molecule has 82 valence electrons. The molecule has 0 aromatic heterocycles. The van der Waals surface area contributed by atoms with E-state index in [1.54, 1.807) is 7.11 Å². The number of aliphatic carboxylic acids is 1. The normalized spacial score (nSPS) is 42.2. The quantitative estimate of drug-likeness (QED) is 0.756. The fourth-order valence-corrected chi connectivity index (χ4v) is 4.04. The van der Waals surface area contributed by atoms with Crippen LogP contribution < -0.4 is 0 Å². The molecular formula is C12H16O3. The van der Waals surface area contributed by atoms with Gasteiger partial charge in [-0.3, -0.25) is 4.79 Å². The summed E-state index contributed by atoms with van der Waals surface area (Å²) in [6.45, 7) is 0. The molecule has 4 aliphatic rings. The number of methoxy groups -OCH3 is 1. The monoisotopic (exact) mass is 208 g/mol. The SMILES string of the molecule is COC1=C2C[C@@H]3C[C@H]1C[C@@](C(=O)O)(C2)C3. The Bertz CT molecular complexity index is 358. The van der Waals surface area contributed by atoms with Gasteiger partial charge in [-0.05, 0) is 43.6 Å². The third-order valence-electron chi connectivity index (χ3n) is 4.41. The molecule has 0 aromatic carbocycles. The molecule has 0 heterocycles. The maximum Gasteiger partial charge on any atom is 0.309 e. The number of allylic oxidation sites excluding steroid dienone is 2. The van der Waals surface area contributed by atoms with Crippen molar-refractivity contribution in [3.8, 4) is 0 Å². The highest BCUT2D eigenvalue weighted by Gasteiger charge is 2.55. The van der Waals surface area contributed by atoms with Crippen LogP contribution in [-0.2, 0) is 9.53 Å². The van der Waals surface area contributed by atoms with E-state index < -0.39 is 11.4 Å². The lowest BCUT2D eigenvalue weighted by Crippen LogP contribution is -2.47. The van der Waals surface area contributed by atoms with Crippen molar-refractivity contribution in [1.29, 1.82) is 0 Å². The number of carbonyl (C=O) groups is 1. The maximum atomic E-state index is 11.4. The second-order valence-corrected chi connectivity index (χ2v) is 5.35. The second-order valence-electron chi connectivity index (χ2n) is 5.35. The van der Waals surface area contributed by atoms with E-state index in [2.05, 4.69) is 0 Å². The van der Waals surface area contributed by atoms with Crippen LogP contribution in [0.15, 0.2) is 11.3 Å². The Balaban J connectivity index is 2.04. The summed E-state index contributed by atoms with van der Waals surface area (Å²) >= 11 is 0. The Morgan fingerprint density at radius 2 is 2.33 bits per heavy atom. The molecule has 2 saturated carbocycles. The lowest BCUT2D eigenvalue weighted by atomic mass is 9.53. The van der Waals surface area contributed by atoms with E-state index in [0.29, 0.717) is 11.8 Å². The third-order valence-corrected chi connectivity index (χ3v) is 4.41. The van der Waals surface area contributed by atoms with Gasteiger partial charge in [0.25, 0.3) is 0 Å². The van der Waals surface area contributed by atoms with Gasteiger partial charge in [0.1, 0.15) is 0 Å². The summed E-state index contributed by atoms with van der Waals surface area (Å²) in [6.07, 6.45) is 4.64. The second kappa shape index (κ2) is 2.77. The Morgan fingerprint density at radius 1 is 1.53 bits per heavy atom. The number of hydrogen-bond acceptors (Lipinski definition) is 2. The van der Waals surface area contributed by atoms with Crippen LogP contribution in [0.1, 0.15) is 32.1 Å². The van der Waals surface area contributed by atoms with Crippen LogP contribution in [-0.4, -0.2) is 18.2 Å². The van der Waals surface area contributed by atoms with E-state index >= 15 is 0 Å². The van der Waals surface area contributed by atoms with Crippen LogP contribution in [0.5, 0.6) is 0 Å². The summed E-state index contributed by atoms with van der Waals surface area (Å²) in [7, 11) is 1.72. The third kappa shape index (κ3) is 1.09. The highest BCUT2D eigenvalue weighted by atomic mass is 16.5. The van der Waals surface area contributed by atoms with Gasteiger partial charge >= 0.3 is 5.97 Å². The predicted molar refractivity (Wildman–Crippen MR) is 54.2 cm³/mol. The lowest BCUT2D eigenvalue weighted by Gasteiger charge is -2.51. The zero-order chi connectivity index (χ0) is 10.6. The highest BCUT2D eigenvalue weighted by molar-refractivity contribution is 5.76. The molecule has 0 aliphatic heterocycles. The molecule has 1 N–H and O–H groups in total. The largest absolute Gasteiger partial charge is 0.501 e. The molecule has 0 radical (unpaired) electrons. The van der Waals surface area contributed by atoms with Gasteiger partial charge in [-0.15, -0.1) is 0 Å². The Hall–Kier alpha value is -0.990. The van der Waals surface area contributed by atoms with Gasteiger partial charge < -0.3 is 9.84 Å². The smallest absolute Gasteiger partial charge is 0.309 e. The summed E-state index contributed by atoms with van der Waals surface area (Å²) in [6, 6.07) is 0. The average molecular weight is 208 g/mol. The number of carboxylic acids is 1. The van der Waals surface area contributed by atoms with Crippen molar-refractivity contribution >= 4 is 5.97 Å². The van der Waals surface area contributed by atoms with Crippen LogP contribution >= 0.6 is 0 Å². The summed E-state index contributed by atoms with van der Waals surface area (Å²) < 4.78 is 5.44. The number of rotatable bonds is 2. The minimum Gasteiger partial charge on any atom is -0.501 e. The van der Waals surface area contributed by atoms with E-state index in [9.17, 15) is 9.90 Å². The van der Waals surface area contributed by atoms with E-state index in [1.807, 2.05) is 0 Å². The summed E-state index contributed by atoms with van der Waals surface area (Å²) in [5.41, 5.74) is 0.849. The molecule has 2 fully saturated rings. The van der Waals surface area contributed by atoms with Gasteiger partial charge in [-0.25, -0.2) is 0 Å². The Kier molecular flexibility index (Phi) is 1.71. The van der Waals surface area contributed by atoms with E-state index in [1.165, 1.54) is 5.57 Å². The molecule has 3 nitrogen and oxygen atoms in total. The van der Waals surface area contributed by atoms with Crippen LogP contribution in [0, 0.1) is 17.3 Å². The molecule has 0 spiro atoms. The van der Waals surface area contributed by atoms with Crippen LogP contribution in [0.4, 0.5) is 0 Å². The van der Waals surface area contributed by atoms with E-state index in [0.717, 1.165) is 37.9 Å². The standard InChI is InChI=1S/C12H16O3/c1-15-10-8-2-7-3-9(10)6-12(4-7,5-8)11(13)14/h7-8H,2-6H2,1H3,(H,13,14)/t7-,8-,12+/m0/s1. The minimum absolute atomic E-state index is 0.391. The fourth-order valence-electron chi connectivity index (χ4n) is 4.04. The first-order valence-electron chi connectivity index (χ1n) is 5.64.